The van der Waals surface area contributed by atoms with Crippen molar-refractivity contribution in [2.45, 2.75) is 75.3 Å². The Bertz CT molecular complexity index is 1330. The van der Waals surface area contributed by atoms with Crippen LogP contribution in [0.25, 0.3) is 0 Å². The maximum absolute atomic E-state index is 13.1. The molecule has 0 aromatic heterocycles. The van der Waals surface area contributed by atoms with Crippen LogP contribution in [0.4, 0.5) is 13.2 Å². The van der Waals surface area contributed by atoms with E-state index in [2.05, 4.69) is 4.18 Å². The zero-order valence-corrected chi connectivity index (χ0v) is 20.5. The van der Waals surface area contributed by atoms with E-state index in [1.54, 1.807) is 6.08 Å². The fourth-order valence-electron chi connectivity index (χ4n) is 8.56. The number of aliphatic hydroxyl groups is 1. The monoisotopic (exact) mass is 524 g/mol. The van der Waals surface area contributed by atoms with Crippen LogP contribution in [0.1, 0.15) is 68.9 Å². The highest BCUT2D eigenvalue weighted by atomic mass is 32.2. The molecule has 3 fully saturated rings. The molecule has 0 bridgehead atoms. The van der Waals surface area contributed by atoms with Gasteiger partial charge in [-0.05, 0) is 79.7 Å². The molecule has 5 aliphatic carbocycles. The summed E-state index contributed by atoms with van der Waals surface area (Å²) in [5.74, 6) is -0.873. The average molecular weight is 525 g/mol. The lowest BCUT2D eigenvalue weighted by Crippen LogP contribution is -2.69. The number of fused-ring (bicyclic) bond motifs is 4. The fourth-order valence-corrected chi connectivity index (χ4v) is 9.01. The van der Waals surface area contributed by atoms with E-state index < -0.39 is 43.7 Å². The van der Waals surface area contributed by atoms with Crippen LogP contribution in [0, 0.1) is 22.7 Å². The molecule has 5 aliphatic rings. The van der Waals surface area contributed by atoms with Gasteiger partial charge >= 0.3 is 15.6 Å². The number of alkyl halides is 3. The van der Waals surface area contributed by atoms with Gasteiger partial charge in [-0.2, -0.15) is 21.6 Å². The first-order chi connectivity index (χ1) is 16.7. The molecule has 0 heterocycles. The number of carbonyl (C=O) groups excluding carboxylic acids is 2. The van der Waals surface area contributed by atoms with E-state index in [9.17, 15) is 36.3 Å². The third-order valence-electron chi connectivity index (χ3n) is 10.1. The first kappa shape index (κ1) is 24.2. The molecule has 0 aliphatic heterocycles. The number of ketones is 2. The Morgan fingerprint density at radius 3 is 2.53 bits per heavy atom. The Balaban J connectivity index is 1.53. The maximum atomic E-state index is 13.1. The second-order valence-electron chi connectivity index (χ2n) is 11.5. The zero-order chi connectivity index (χ0) is 25.9. The lowest BCUT2D eigenvalue weighted by atomic mass is 9.38. The van der Waals surface area contributed by atoms with Crippen LogP contribution in [0.15, 0.2) is 29.8 Å². The van der Waals surface area contributed by atoms with Gasteiger partial charge in [0.05, 0.1) is 5.60 Å². The van der Waals surface area contributed by atoms with E-state index in [1.807, 2.05) is 6.92 Å². The minimum Gasteiger partial charge on any atom is -0.388 e. The van der Waals surface area contributed by atoms with Crippen molar-refractivity contribution in [2.24, 2.45) is 22.7 Å². The maximum Gasteiger partial charge on any atom is 0.534 e. The van der Waals surface area contributed by atoms with Gasteiger partial charge in [-0.25, -0.2) is 0 Å². The van der Waals surface area contributed by atoms with Gasteiger partial charge < -0.3 is 9.29 Å². The second kappa shape index (κ2) is 7.22. The van der Waals surface area contributed by atoms with Crippen LogP contribution in [0.5, 0.6) is 5.75 Å². The van der Waals surface area contributed by atoms with Crippen LogP contribution in [0.2, 0.25) is 0 Å². The van der Waals surface area contributed by atoms with E-state index in [-0.39, 0.29) is 36.2 Å². The Labute approximate surface area is 207 Å². The SMILES string of the molecule is C[C@]12CC3c4ccc(OS(=O)(=O)C(F)(F)F)cc4C[C@]45CCC(=O)C=C4CC[C@@H]([C@@H]1CCC2=O)[C@]35O. The van der Waals surface area contributed by atoms with Crippen molar-refractivity contribution < 1.29 is 40.5 Å². The van der Waals surface area contributed by atoms with Crippen molar-refractivity contribution in [3.05, 3.63) is 41.0 Å². The first-order valence-corrected chi connectivity index (χ1v) is 13.8. The summed E-state index contributed by atoms with van der Waals surface area (Å²) < 4.78 is 66.5. The number of rotatable bonds is 2. The number of hydrogen-bond acceptors (Lipinski definition) is 6. The second-order valence-corrected chi connectivity index (χ2v) is 13.0. The molecule has 6 atom stereocenters. The van der Waals surface area contributed by atoms with E-state index >= 15 is 0 Å². The minimum absolute atomic E-state index is 0.00920. The molecule has 6 rings (SSSR count). The van der Waals surface area contributed by atoms with Crippen LogP contribution in [-0.2, 0) is 26.1 Å². The molecule has 6 nitrogen and oxygen atoms in total. The third-order valence-corrected chi connectivity index (χ3v) is 11.0. The van der Waals surface area contributed by atoms with Crippen molar-refractivity contribution >= 4 is 21.7 Å². The van der Waals surface area contributed by atoms with E-state index in [0.29, 0.717) is 43.2 Å². The van der Waals surface area contributed by atoms with Crippen molar-refractivity contribution in [2.75, 3.05) is 0 Å². The van der Waals surface area contributed by atoms with E-state index in [0.717, 1.165) is 12.0 Å². The molecule has 0 saturated heterocycles. The fraction of sp³-hybridized carbons (Fsp3) is 0.615. The highest BCUT2D eigenvalue weighted by Crippen LogP contribution is 2.72. The summed E-state index contributed by atoms with van der Waals surface area (Å²) in [6.45, 7) is 1.97. The highest BCUT2D eigenvalue weighted by molar-refractivity contribution is 7.88. The summed E-state index contributed by atoms with van der Waals surface area (Å²) >= 11 is 0. The Morgan fingerprint density at radius 1 is 1.08 bits per heavy atom. The van der Waals surface area contributed by atoms with Crippen LogP contribution >= 0.6 is 0 Å². The number of Topliss-reactive ketones (excluding diaryl/α,β-unsaturated/α-hetero) is 1. The first-order valence-electron chi connectivity index (χ1n) is 12.4. The summed E-state index contributed by atoms with van der Waals surface area (Å²) in [5.41, 5.74) is -6.02. The average Bonchev–Trinajstić information content (AvgIpc) is 3.07. The molecule has 1 N–H and O–H groups in total. The molecule has 1 spiro atoms. The molecule has 0 radical (unpaired) electrons. The summed E-state index contributed by atoms with van der Waals surface area (Å²) in [6, 6.07) is 4.04. The minimum atomic E-state index is -5.84. The van der Waals surface area contributed by atoms with Crippen LogP contribution in [0.3, 0.4) is 0 Å². The molecule has 3 saturated carbocycles. The predicted octanol–water partition coefficient (Wildman–Crippen LogP) is 4.36. The quantitative estimate of drug-likeness (QED) is 0.456. The summed E-state index contributed by atoms with van der Waals surface area (Å²) in [5, 5.41) is 12.8. The van der Waals surface area contributed by atoms with Gasteiger partial charge in [-0.3, -0.25) is 9.59 Å². The molecule has 36 heavy (non-hydrogen) atoms. The number of benzene rings is 1. The number of hydrogen-bond donors (Lipinski definition) is 1. The van der Waals surface area contributed by atoms with Crippen molar-refractivity contribution in [3.63, 3.8) is 0 Å². The molecule has 194 valence electrons. The summed E-state index contributed by atoms with van der Waals surface area (Å²) in [4.78, 5) is 25.5. The molecule has 1 aromatic carbocycles. The predicted molar refractivity (Wildman–Crippen MR) is 121 cm³/mol. The number of carbonyl (C=O) groups is 2. The third kappa shape index (κ3) is 2.91. The van der Waals surface area contributed by atoms with Gasteiger partial charge in [0, 0.05) is 29.6 Å². The summed E-state index contributed by atoms with van der Waals surface area (Å²) in [6.07, 6.45) is 5.42. The molecule has 0 amide bonds. The van der Waals surface area contributed by atoms with Gasteiger partial charge in [0.15, 0.2) is 5.78 Å². The number of halogens is 3. The normalized spacial score (nSPS) is 39.5. The lowest BCUT2D eigenvalue weighted by molar-refractivity contribution is -0.210. The molecular formula is C26H27F3O6S. The zero-order valence-electron chi connectivity index (χ0n) is 19.7. The Morgan fingerprint density at radius 2 is 1.81 bits per heavy atom. The van der Waals surface area contributed by atoms with E-state index in [1.165, 1.54) is 18.2 Å². The lowest BCUT2D eigenvalue weighted by Gasteiger charge is -2.68. The largest absolute Gasteiger partial charge is 0.534 e. The molecule has 1 aromatic rings. The van der Waals surface area contributed by atoms with Crippen molar-refractivity contribution in [1.29, 1.82) is 0 Å². The van der Waals surface area contributed by atoms with Gasteiger partial charge in [0.25, 0.3) is 0 Å². The molecule has 10 heteroatoms. The molecule has 1 unspecified atom stereocenters. The Hall–Kier alpha value is -2.20. The van der Waals surface area contributed by atoms with Gasteiger partial charge in [-0.1, -0.05) is 18.6 Å². The van der Waals surface area contributed by atoms with Gasteiger partial charge in [-0.15, -0.1) is 0 Å². The van der Waals surface area contributed by atoms with Crippen LogP contribution < -0.4 is 4.18 Å². The molecular weight excluding hydrogens is 497 g/mol. The van der Waals surface area contributed by atoms with Crippen LogP contribution in [-0.4, -0.2) is 36.2 Å². The standard InChI is InChI=1S/C26H27F3O6S/c1-23-13-21-18-4-3-17(35-36(33,34)26(27,28)29)10-14(18)12-24-9-8-16(30)11-15(24)2-5-20(25(21,24)32)19(23)6-7-22(23)31/h3-4,10-11,19-21,32H,2,5-9,12-13H2,1H3/t19-,20-,21?,23-,24+,25-/m0/s1. The Kier molecular flexibility index (Phi) is 4.84. The highest BCUT2D eigenvalue weighted by Gasteiger charge is 2.72. The van der Waals surface area contributed by atoms with E-state index in [4.69, 9.17) is 0 Å². The smallest absolute Gasteiger partial charge is 0.388 e. The van der Waals surface area contributed by atoms with Crippen molar-refractivity contribution in [1.82, 2.24) is 0 Å². The van der Waals surface area contributed by atoms with Gasteiger partial charge in [0.1, 0.15) is 11.5 Å². The topological polar surface area (TPSA) is 97.7 Å². The van der Waals surface area contributed by atoms with Gasteiger partial charge in [0.2, 0.25) is 0 Å². The van der Waals surface area contributed by atoms with Crippen molar-refractivity contribution in [3.8, 4) is 5.75 Å². The summed E-state index contributed by atoms with van der Waals surface area (Å²) in [7, 11) is -5.84.